The Morgan fingerprint density at radius 1 is 1.25 bits per heavy atom. The molecule has 1 aliphatic heterocycles. The van der Waals surface area contributed by atoms with Gasteiger partial charge in [-0.05, 0) is 42.7 Å². The Morgan fingerprint density at radius 2 is 1.96 bits per heavy atom. The Hall–Kier alpha value is -1.68. The number of hydrogen-bond donors (Lipinski definition) is 1. The molecule has 1 fully saturated rings. The lowest BCUT2D eigenvalue weighted by atomic mass is 9.48. The maximum atomic E-state index is 12.7. The zero-order chi connectivity index (χ0) is 17.7. The molecule has 0 bridgehead atoms. The quantitative estimate of drug-likeness (QED) is 0.789. The maximum Gasteiger partial charge on any atom is 0.340 e. The number of esters is 1. The number of allylic oxidation sites excluding steroid dienone is 3. The van der Waals surface area contributed by atoms with Crippen molar-refractivity contribution >= 4 is 11.8 Å². The van der Waals surface area contributed by atoms with E-state index < -0.39 is 12.3 Å². The minimum Gasteiger partial charge on any atom is -0.429 e. The molecule has 4 heteroatoms. The van der Waals surface area contributed by atoms with Crippen LogP contribution < -0.4 is 0 Å². The summed E-state index contributed by atoms with van der Waals surface area (Å²) in [7, 11) is 0. The van der Waals surface area contributed by atoms with Crippen LogP contribution in [0.25, 0.3) is 0 Å². The minimum absolute atomic E-state index is 0.00722. The second-order valence-corrected chi connectivity index (χ2v) is 8.33. The lowest BCUT2D eigenvalue weighted by Crippen LogP contribution is -2.52. The van der Waals surface area contributed by atoms with Crippen molar-refractivity contribution in [3.05, 3.63) is 35.5 Å². The Labute approximate surface area is 143 Å². The molecule has 1 heterocycles. The SMILES string of the molecule is CC1=CC(=O)C2C(C)(C)CCCC2(C)C1C=CC1=CC(O)OC1=O. The predicted molar refractivity (Wildman–Crippen MR) is 90.8 cm³/mol. The molecule has 1 N–H and O–H groups in total. The van der Waals surface area contributed by atoms with Crippen LogP contribution in [0.15, 0.2) is 35.5 Å². The average molecular weight is 330 g/mol. The first-order chi connectivity index (χ1) is 11.1. The van der Waals surface area contributed by atoms with Crippen LogP contribution in [-0.4, -0.2) is 23.1 Å². The molecule has 0 aromatic carbocycles. The largest absolute Gasteiger partial charge is 0.429 e. The highest BCUT2D eigenvalue weighted by atomic mass is 16.6. The number of ketones is 1. The van der Waals surface area contributed by atoms with Crippen molar-refractivity contribution < 1.29 is 19.4 Å². The van der Waals surface area contributed by atoms with Crippen LogP contribution in [0.3, 0.4) is 0 Å². The Kier molecular flexibility index (Phi) is 4.07. The minimum atomic E-state index is -1.15. The molecule has 4 atom stereocenters. The molecule has 0 aromatic heterocycles. The first-order valence-corrected chi connectivity index (χ1v) is 8.66. The average Bonchev–Trinajstić information content (AvgIpc) is 2.74. The van der Waals surface area contributed by atoms with E-state index >= 15 is 0 Å². The first-order valence-electron chi connectivity index (χ1n) is 8.66. The van der Waals surface area contributed by atoms with Crippen LogP contribution >= 0.6 is 0 Å². The number of rotatable bonds is 2. The van der Waals surface area contributed by atoms with Gasteiger partial charge in [0.15, 0.2) is 5.78 Å². The van der Waals surface area contributed by atoms with Gasteiger partial charge in [0.2, 0.25) is 6.29 Å². The van der Waals surface area contributed by atoms with Crippen LogP contribution in [0.2, 0.25) is 0 Å². The van der Waals surface area contributed by atoms with Crippen LogP contribution in [0.4, 0.5) is 0 Å². The highest BCUT2D eigenvalue weighted by molar-refractivity contribution is 5.95. The lowest BCUT2D eigenvalue weighted by Gasteiger charge is -2.55. The summed E-state index contributed by atoms with van der Waals surface area (Å²) in [5.41, 5.74) is 1.26. The second kappa shape index (κ2) is 5.69. The van der Waals surface area contributed by atoms with Crippen molar-refractivity contribution in [3.8, 4) is 0 Å². The van der Waals surface area contributed by atoms with Gasteiger partial charge in [0.05, 0.1) is 5.57 Å². The van der Waals surface area contributed by atoms with Gasteiger partial charge >= 0.3 is 5.97 Å². The monoisotopic (exact) mass is 330 g/mol. The van der Waals surface area contributed by atoms with Gasteiger partial charge in [-0.15, -0.1) is 0 Å². The topological polar surface area (TPSA) is 63.6 Å². The summed E-state index contributed by atoms with van der Waals surface area (Å²) in [6.45, 7) is 8.58. The van der Waals surface area contributed by atoms with Crippen molar-refractivity contribution in [2.45, 2.75) is 53.2 Å². The van der Waals surface area contributed by atoms with Gasteiger partial charge in [-0.25, -0.2) is 4.79 Å². The smallest absolute Gasteiger partial charge is 0.340 e. The van der Waals surface area contributed by atoms with Crippen LogP contribution in [0.1, 0.15) is 47.0 Å². The third kappa shape index (κ3) is 2.67. The highest BCUT2D eigenvalue weighted by Gasteiger charge is 2.54. The number of aliphatic hydroxyl groups excluding tert-OH is 1. The number of carbonyl (C=O) groups is 2. The van der Waals surface area contributed by atoms with E-state index in [4.69, 9.17) is 4.74 Å². The van der Waals surface area contributed by atoms with E-state index in [1.54, 1.807) is 12.2 Å². The van der Waals surface area contributed by atoms with Crippen LogP contribution in [-0.2, 0) is 14.3 Å². The van der Waals surface area contributed by atoms with Gasteiger partial charge < -0.3 is 9.84 Å². The molecule has 2 aliphatic carbocycles. The standard InChI is InChI=1S/C20H26O4/c1-12-10-15(21)17-19(2,3)8-5-9-20(17,4)14(12)7-6-13-11-16(22)24-18(13)23/h6-7,10-11,14,16-17,22H,5,8-9H2,1-4H3. The Balaban J connectivity index is 1.97. The number of cyclic esters (lactones) is 1. The summed E-state index contributed by atoms with van der Waals surface area (Å²) in [6.07, 6.45) is 8.96. The molecule has 4 nitrogen and oxygen atoms in total. The van der Waals surface area contributed by atoms with Crippen LogP contribution in [0.5, 0.6) is 0 Å². The summed E-state index contributed by atoms with van der Waals surface area (Å²) in [5, 5.41) is 9.39. The summed E-state index contributed by atoms with van der Waals surface area (Å²) >= 11 is 0. The van der Waals surface area contributed by atoms with Gasteiger partial charge in [-0.2, -0.15) is 0 Å². The fraction of sp³-hybridized carbons (Fsp3) is 0.600. The summed E-state index contributed by atoms with van der Waals surface area (Å²) in [4.78, 5) is 24.4. The number of fused-ring (bicyclic) bond motifs is 1. The van der Waals surface area contributed by atoms with Crippen molar-refractivity contribution in [2.24, 2.45) is 22.7 Å². The van der Waals surface area contributed by atoms with Gasteiger partial charge in [0, 0.05) is 11.8 Å². The van der Waals surface area contributed by atoms with E-state index in [0.717, 1.165) is 24.8 Å². The molecule has 0 saturated heterocycles. The first kappa shape index (κ1) is 17.2. The molecule has 0 radical (unpaired) electrons. The van der Waals surface area contributed by atoms with E-state index in [1.165, 1.54) is 6.08 Å². The Bertz CT molecular complexity index is 667. The molecule has 0 aromatic rings. The van der Waals surface area contributed by atoms with Crippen molar-refractivity contribution in [3.63, 3.8) is 0 Å². The fourth-order valence-electron chi connectivity index (χ4n) is 5.20. The van der Waals surface area contributed by atoms with Gasteiger partial charge in [0.25, 0.3) is 0 Å². The second-order valence-electron chi connectivity index (χ2n) is 8.33. The highest BCUT2D eigenvalue weighted by Crippen LogP contribution is 2.58. The molecule has 130 valence electrons. The Morgan fingerprint density at radius 3 is 2.58 bits per heavy atom. The fourth-order valence-corrected chi connectivity index (χ4v) is 5.20. The van der Waals surface area contributed by atoms with Crippen molar-refractivity contribution in [1.82, 2.24) is 0 Å². The molecule has 24 heavy (non-hydrogen) atoms. The predicted octanol–water partition coefficient (Wildman–Crippen LogP) is 3.32. The van der Waals surface area contributed by atoms with Crippen LogP contribution in [0, 0.1) is 22.7 Å². The molecule has 3 rings (SSSR count). The number of carbonyl (C=O) groups excluding carboxylic acids is 2. The maximum absolute atomic E-state index is 12.7. The molecule has 1 saturated carbocycles. The normalized spacial score (nSPS) is 38.6. The van der Waals surface area contributed by atoms with E-state index in [2.05, 4.69) is 20.8 Å². The molecular weight excluding hydrogens is 304 g/mol. The number of ether oxygens (including phenoxy) is 1. The summed E-state index contributed by atoms with van der Waals surface area (Å²) < 4.78 is 4.73. The van der Waals surface area contributed by atoms with E-state index in [-0.39, 0.29) is 28.4 Å². The van der Waals surface area contributed by atoms with Gasteiger partial charge in [0.1, 0.15) is 0 Å². The van der Waals surface area contributed by atoms with Crippen molar-refractivity contribution in [2.75, 3.05) is 0 Å². The van der Waals surface area contributed by atoms with Crippen molar-refractivity contribution in [1.29, 1.82) is 0 Å². The molecule has 3 aliphatic rings. The molecular formula is C20H26O4. The third-order valence-corrected chi connectivity index (χ3v) is 6.09. The number of aliphatic hydroxyl groups is 1. The van der Waals surface area contributed by atoms with E-state index in [1.807, 2.05) is 13.0 Å². The zero-order valence-corrected chi connectivity index (χ0v) is 14.8. The van der Waals surface area contributed by atoms with Gasteiger partial charge in [-0.3, -0.25) is 4.79 Å². The lowest BCUT2D eigenvalue weighted by molar-refractivity contribution is -0.151. The molecule has 4 unspecified atom stereocenters. The molecule has 0 amide bonds. The third-order valence-electron chi connectivity index (χ3n) is 6.09. The van der Waals surface area contributed by atoms with E-state index in [9.17, 15) is 14.7 Å². The van der Waals surface area contributed by atoms with E-state index in [0.29, 0.717) is 5.57 Å². The van der Waals surface area contributed by atoms with Gasteiger partial charge in [-0.1, -0.05) is 44.9 Å². The summed E-state index contributed by atoms with van der Waals surface area (Å²) in [6, 6.07) is 0. The molecule has 0 spiro atoms. The zero-order valence-electron chi connectivity index (χ0n) is 14.8. The number of hydrogen-bond acceptors (Lipinski definition) is 4. The summed E-state index contributed by atoms with van der Waals surface area (Å²) in [5.74, 6) is -0.171.